The van der Waals surface area contributed by atoms with Crippen LogP contribution >= 0.6 is 35.7 Å². The lowest BCUT2D eigenvalue weighted by atomic mass is 10.0. The minimum Gasteiger partial charge on any atom is -0.477 e. The number of carboxylic acids is 1. The molecule has 21 heavy (non-hydrogen) atoms. The summed E-state index contributed by atoms with van der Waals surface area (Å²) >= 11 is 7.84. The highest BCUT2D eigenvalue weighted by atomic mass is 32.2. The minimum atomic E-state index is -1.11. The number of aromatic nitrogens is 3. The second kappa shape index (κ2) is 5.48. The van der Waals surface area contributed by atoms with E-state index in [4.69, 9.17) is 18.0 Å². The normalized spacial score (nSPS) is 24.8. The number of hydrogen-bond donors (Lipinski definition) is 4. The second-order valence-electron chi connectivity index (χ2n) is 4.46. The molecule has 8 nitrogen and oxygen atoms in total. The van der Waals surface area contributed by atoms with Crippen molar-refractivity contribution in [3.05, 3.63) is 15.9 Å². The largest absolute Gasteiger partial charge is 0.477 e. The van der Waals surface area contributed by atoms with Gasteiger partial charge < -0.3 is 10.8 Å². The molecule has 1 unspecified atom stereocenters. The average Bonchev–Trinajstić information content (AvgIpc) is 2.88. The summed E-state index contributed by atoms with van der Waals surface area (Å²) in [5, 5.41) is 18.9. The molecule has 0 bridgehead atoms. The predicted molar refractivity (Wildman–Crippen MR) is 80.2 cm³/mol. The smallest absolute Gasteiger partial charge is 0.352 e. The fourth-order valence-corrected chi connectivity index (χ4v) is 4.71. The maximum Gasteiger partial charge on any atom is 0.352 e. The van der Waals surface area contributed by atoms with Gasteiger partial charge in [0.25, 0.3) is 0 Å². The highest BCUT2D eigenvalue weighted by Crippen LogP contribution is 2.40. The number of nitrogens with two attached hydrogens (primary N) is 1. The molecule has 1 saturated heterocycles. The monoisotopic (exact) mass is 345 g/mol. The van der Waals surface area contributed by atoms with Gasteiger partial charge in [-0.2, -0.15) is 0 Å². The molecular weight excluding hydrogens is 334 g/mol. The molecule has 0 saturated carbocycles. The molecule has 1 aromatic heterocycles. The van der Waals surface area contributed by atoms with Crippen molar-refractivity contribution in [2.75, 3.05) is 11.5 Å². The van der Waals surface area contributed by atoms with E-state index < -0.39 is 12.0 Å². The third-order valence-corrected chi connectivity index (χ3v) is 6.04. The van der Waals surface area contributed by atoms with Crippen molar-refractivity contribution in [1.82, 2.24) is 20.3 Å². The Morgan fingerprint density at radius 1 is 1.67 bits per heavy atom. The molecule has 5 N–H and O–H groups in total. The van der Waals surface area contributed by atoms with Crippen LogP contribution in [-0.2, 0) is 9.59 Å². The number of nitrogens with one attached hydrogen (secondary N) is 2. The number of amides is 1. The van der Waals surface area contributed by atoms with Crippen molar-refractivity contribution in [2.45, 2.75) is 16.4 Å². The molecule has 1 amide bonds. The topological polar surface area (TPSA) is 128 Å². The number of H-pyrrole nitrogens is 2. The highest BCUT2D eigenvalue weighted by molar-refractivity contribution is 8.01. The lowest BCUT2D eigenvalue weighted by Crippen LogP contribution is -2.68. The number of fused-ring (bicyclic) bond motifs is 1. The van der Waals surface area contributed by atoms with Gasteiger partial charge in [-0.05, 0) is 5.57 Å². The molecule has 2 atom stereocenters. The van der Waals surface area contributed by atoms with Crippen LogP contribution in [0.1, 0.15) is 0 Å². The zero-order valence-corrected chi connectivity index (χ0v) is 13.0. The Balaban J connectivity index is 1.84. The number of nitrogens with zero attached hydrogens (tertiary/aromatic N) is 2. The maximum atomic E-state index is 11.8. The molecule has 112 valence electrons. The van der Waals surface area contributed by atoms with Crippen LogP contribution in [-0.4, -0.2) is 60.2 Å². The van der Waals surface area contributed by atoms with Crippen molar-refractivity contribution in [2.24, 2.45) is 5.73 Å². The van der Waals surface area contributed by atoms with Crippen molar-refractivity contribution in [1.29, 1.82) is 0 Å². The van der Waals surface area contributed by atoms with Gasteiger partial charge in [0.05, 0.1) is 0 Å². The number of carboxylic acid groups (broad SMARTS) is 1. The van der Waals surface area contributed by atoms with Gasteiger partial charge in [0.15, 0.2) is 9.67 Å². The summed E-state index contributed by atoms with van der Waals surface area (Å²) in [6.07, 6.45) is 0. The first-order valence-electron chi connectivity index (χ1n) is 5.92. The number of β-lactam (4-membered cyclic amide) rings is 1. The number of hydrogen-bond acceptors (Lipinski definition) is 7. The van der Waals surface area contributed by atoms with E-state index in [0.717, 1.165) is 0 Å². The number of aliphatic carboxylic acids is 1. The number of aromatic amines is 2. The summed E-state index contributed by atoms with van der Waals surface area (Å²) in [5.41, 5.74) is 6.41. The molecule has 0 aliphatic carbocycles. The lowest BCUT2D eigenvalue weighted by Gasteiger charge is -2.48. The van der Waals surface area contributed by atoms with Gasteiger partial charge in [-0.25, -0.2) is 10.0 Å². The van der Waals surface area contributed by atoms with E-state index in [1.54, 1.807) is 0 Å². The van der Waals surface area contributed by atoms with Gasteiger partial charge in [-0.15, -0.1) is 16.9 Å². The van der Waals surface area contributed by atoms with Gasteiger partial charge in [-0.3, -0.25) is 14.8 Å². The summed E-state index contributed by atoms with van der Waals surface area (Å²) in [6.45, 7) is 0. The van der Waals surface area contributed by atoms with Gasteiger partial charge in [0.1, 0.15) is 17.1 Å². The molecular formula is C10H11N5O3S3. The Labute approximate surface area is 132 Å². The first-order chi connectivity index (χ1) is 10.0. The van der Waals surface area contributed by atoms with Crippen molar-refractivity contribution >= 4 is 47.6 Å². The SMILES string of the molecule is NC1C(=O)N2C(C(=O)O)=C(CSc3n[nH][nH]c3=S)CS[C@@H]12. The molecule has 1 aromatic rings. The van der Waals surface area contributed by atoms with E-state index >= 15 is 0 Å². The van der Waals surface area contributed by atoms with Gasteiger partial charge in [0.2, 0.25) is 5.91 Å². The van der Waals surface area contributed by atoms with Crippen LogP contribution in [0, 0.1) is 4.64 Å². The van der Waals surface area contributed by atoms with Gasteiger partial charge in [-0.1, -0.05) is 24.0 Å². The van der Waals surface area contributed by atoms with Crippen LogP contribution in [0.15, 0.2) is 16.3 Å². The fourth-order valence-electron chi connectivity index (χ4n) is 2.18. The van der Waals surface area contributed by atoms with Crippen molar-refractivity contribution < 1.29 is 14.7 Å². The first-order valence-corrected chi connectivity index (χ1v) is 8.36. The average molecular weight is 345 g/mol. The Morgan fingerprint density at radius 3 is 3.05 bits per heavy atom. The molecule has 2 aliphatic heterocycles. The van der Waals surface area contributed by atoms with Crippen LogP contribution in [0.25, 0.3) is 0 Å². The number of thioether (sulfide) groups is 2. The van der Waals surface area contributed by atoms with Crippen LogP contribution in [0.4, 0.5) is 0 Å². The molecule has 3 rings (SSSR count). The summed E-state index contributed by atoms with van der Waals surface area (Å²) in [5.74, 6) is -0.520. The molecule has 0 aromatic carbocycles. The molecule has 0 spiro atoms. The molecule has 0 radical (unpaired) electrons. The van der Waals surface area contributed by atoms with Gasteiger partial charge >= 0.3 is 5.97 Å². The zero-order valence-electron chi connectivity index (χ0n) is 10.5. The Bertz CT molecular complexity index is 696. The predicted octanol–water partition coefficient (Wildman–Crippen LogP) is 0.140. The Hall–Kier alpha value is -1.30. The highest BCUT2D eigenvalue weighted by Gasteiger charge is 2.51. The Kier molecular flexibility index (Phi) is 3.82. The molecule has 3 heterocycles. The molecule has 2 aliphatic rings. The molecule has 1 fully saturated rings. The molecule has 11 heteroatoms. The van der Waals surface area contributed by atoms with Gasteiger partial charge in [0, 0.05) is 11.5 Å². The van der Waals surface area contributed by atoms with Crippen molar-refractivity contribution in [3.8, 4) is 0 Å². The van der Waals surface area contributed by atoms with E-state index in [2.05, 4.69) is 15.4 Å². The standard InChI is InChI=1S/C10H11N5O3S3/c11-4-8(16)15-5(10(17)18)3(2-21-9(4)15)1-20-7-6(19)12-14-13-7/h4,9H,1-2,11H2,(H,17,18)(H2,12,13,14,19)/t4?,9-/m0/s1. The van der Waals surface area contributed by atoms with E-state index in [1.807, 2.05) is 0 Å². The summed E-state index contributed by atoms with van der Waals surface area (Å²) in [7, 11) is 0. The van der Waals surface area contributed by atoms with Crippen LogP contribution in [0.5, 0.6) is 0 Å². The van der Waals surface area contributed by atoms with Crippen LogP contribution in [0.3, 0.4) is 0 Å². The van der Waals surface area contributed by atoms with E-state index in [1.165, 1.54) is 28.4 Å². The lowest BCUT2D eigenvalue weighted by molar-refractivity contribution is -0.147. The zero-order chi connectivity index (χ0) is 15.1. The second-order valence-corrected chi connectivity index (χ2v) is 6.94. The summed E-state index contributed by atoms with van der Waals surface area (Å²) in [6, 6.07) is -0.612. The van der Waals surface area contributed by atoms with E-state index in [9.17, 15) is 14.7 Å². The third-order valence-electron chi connectivity index (χ3n) is 3.20. The fraction of sp³-hybridized carbons (Fsp3) is 0.400. The van der Waals surface area contributed by atoms with Crippen LogP contribution < -0.4 is 5.73 Å². The number of rotatable bonds is 4. The summed E-state index contributed by atoms with van der Waals surface area (Å²) in [4.78, 5) is 24.5. The van der Waals surface area contributed by atoms with E-state index in [-0.39, 0.29) is 17.0 Å². The number of carbonyl (C=O) groups excluding carboxylic acids is 1. The third kappa shape index (κ3) is 2.39. The number of carbonyl (C=O) groups is 2. The summed E-state index contributed by atoms with van der Waals surface area (Å²) < 4.78 is 0.473. The maximum absolute atomic E-state index is 11.8. The first kappa shape index (κ1) is 14.6. The quantitative estimate of drug-likeness (QED) is 0.345. The van der Waals surface area contributed by atoms with Crippen LogP contribution in [0.2, 0.25) is 0 Å². The Morgan fingerprint density at radius 2 is 2.43 bits per heavy atom. The van der Waals surface area contributed by atoms with Crippen molar-refractivity contribution in [3.63, 3.8) is 0 Å². The van der Waals surface area contributed by atoms with E-state index in [0.29, 0.717) is 26.7 Å². The minimum absolute atomic E-state index is 0.0448.